The summed E-state index contributed by atoms with van der Waals surface area (Å²) >= 11 is 0. The lowest BCUT2D eigenvalue weighted by molar-refractivity contribution is -0.139. The Hall–Kier alpha value is -1.93. The minimum atomic E-state index is -0.457. The monoisotopic (exact) mass is 558 g/mol. The summed E-state index contributed by atoms with van der Waals surface area (Å²) in [6, 6.07) is 10.1. The molecule has 0 amide bonds. The summed E-state index contributed by atoms with van der Waals surface area (Å²) in [7, 11) is 0. The van der Waals surface area contributed by atoms with Crippen LogP contribution in [-0.4, -0.2) is 125 Å². The predicted octanol–water partition coefficient (Wildman–Crippen LogP) is 2.07. The predicted molar refractivity (Wildman–Crippen MR) is 144 cm³/mol. The largest absolute Gasteiger partial charge is 0.460 e. The number of carbonyl (C=O) groups excluding carboxylic acids is 1. The lowest BCUT2D eigenvalue weighted by Gasteiger charge is -2.09. The molecule has 0 unspecified atom stereocenters. The van der Waals surface area contributed by atoms with Crippen LogP contribution < -0.4 is 0 Å². The molecular formula is C28H46O11. The molecule has 0 aliphatic heterocycles. The molecule has 0 heterocycles. The van der Waals surface area contributed by atoms with Crippen LogP contribution in [0.1, 0.15) is 5.56 Å². The van der Waals surface area contributed by atoms with Gasteiger partial charge in [0.2, 0.25) is 0 Å². The van der Waals surface area contributed by atoms with E-state index in [9.17, 15) is 4.79 Å². The third-order valence-corrected chi connectivity index (χ3v) is 4.73. The number of hydrogen-bond acceptors (Lipinski definition) is 11. The van der Waals surface area contributed by atoms with Gasteiger partial charge in [-0.15, -0.1) is 0 Å². The summed E-state index contributed by atoms with van der Waals surface area (Å²) in [4.78, 5) is 10.8. The van der Waals surface area contributed by atoms with Crippen molar-refractivity contribution in [2.45, 2.75) is 6.61 Å². The maximum atomic E-state index is 10.8. The molecule has 1 aromatic rings. The molecule has 0 atom stereocenters. The lowest BCUT2D eigenvalue weighted by atomic mass is 10.2. The molecule has 0 radical (unpaired) electrons. The molecule has 0 saturated carbocycles. The van der Waals surface area contributed by atoms with Gasteiger partial charge in [-0.1, -0.05) is 36.9 Å². The van der Waals surface area contributed by atoms with E-state index in [1.807, 2.05) is 30.3 Å². The van der Waals surface area contributed by atoms with E-state index in [0.29, 0.717) is 119 Å². The standard InChI is InChI=1S/C28H46O11/c1-2-28(29)39-25-24-37-21-20-35-17-16-33-13-12-31-9-8-30-10-11-32-14-15-34-18-19-36-22-23-38-26-27-6-4-3-5-7-27/h2-7H,1,8-26H2. The molecule has 11 nitrogen and oxygen atoms in total. The summed E-state index contributed by atoms with van der Waals surface area (Å²) in [5, 5.41) is 0. The number of ether oxygens (including phenoxy) is 10. The second-order valence-corrected chi connectivity index (χ2v) is 7.81. The highest BCUT2D eigenvalue weighted by Crippen LogP contribution is 2.00. The highest BCUT2D eigenvalue weighted by Gasteiger charge is 1.97. The van der Waals surface area contributed by atoms with Crippen molar-refractivity contribution in [1.29, 1.82) is 0 Å². The molecule has 0 aliphatic rings. The Balaban J connectivity index is 1.63. The third kappa shape index (κ3) is 26.1. The fourth-order valence-electron chi connectivity index (χ4n) is 2.78. The van der Waals surface area contributed by atoms with Gasteiger partial charge in [0.15, 0.2) is 0 Å². The number of hydrogen-bond donors (Lipinski definition) is 0. The van der Waals surface area contributed by atoms with Crippen LogP contribution in [0.25, 0.3) is 0 Å². The first-order chi connectivity index (χ1) is 19.3. The van der Waals surface area contributed by atoms with Crippen molar-refractivity contribution in [3.63, 3.8) is 0 Å². The third-order valence-electron chi connectivity index (χ3n) is 4.73. The topological polar surface area (TPSA) is 109 Å². The second-order valence-electron chi connectivity index (χ2n) is 7.81. The molecule has 0 aliphatic carbocycles. The van der Waals surface area contributed by atoms with E-state index in [1.165, 1.54) is 0 Å². The van der Waals surface area contributed by atoms with Gasteiger partial charge in [-0.25, -0.2) is 4.79 Å². The average Bonchev–Trinajstić information content (AvgIpc) is 2.96. The van der Waals surface area contributed by atoms with Crippen molar-refractivity contribution in [3.05, 3.63) is 48.6 Å². The summed E-state index contributed by atoms with van der Waals surface area (Å²) < 4.78 is 53.7. The van der Waals surface area contributed by atoms with Crippen molar-refractivity contribution < 1.29 is 52.2 Å². The molecule has 0 fully saturated rings. The van der Waals surface area contributed by atoms with Crippen LogP contribution in [0.4, 0.5) is 0 Å². The molecule has 0 aromatic heterocycles. The van der Waals surface area contributed by atoms with E-state index in [-0.39, 0.29) is 6.61 Å². The first-order valence-electron chi connectivity index (χ1n) is 13.4. The minimum absolute atomic E-state index is 0.201. The van der Waals surface area contributed by atoms with E-state index in [2.05, 4.69) is 6.58 Å². The molecule has 1 aromatic carbocycles. The van der Waals surface area contributed by atoms with Gasteiger partial charge in [-0.05, 0) is 5.56 Å². The van der Waals surface area contributed by atoms with Gasteiger partial charge in [0.05, 0.1) is 119 Å². The lowest BCUT2D eigenvalue weighted by Crippen LogP contribution is -2.15. The van der Waals surface area contributed by atoms with Crippen molar-refractivity contribution in [1.82, 2.24) is 0 Å². The van der Waals surface area contributed by atoms with Crippen LogP contribution in [-0.2, 0) is 58.8 Å². The van der Waals surface area contributed by atoms with Crippen molar-refractivity contribution in [2.24, 2.45) is 0 Å². The Morgan fingerprint density at radius 2 is 0.795 bits per heavy atom. The molecular weight excluding hydrogens is 512 g/mol. The highest BCUT2D eigenvalue weighted by atomic mass is 16.6. The average molecular weight is 559 g/mol. The summed E-state index contributed by atoms with van der Waals surface area (Å²) in [5.41, 5.74) is 1.16. The molecule has 1 rings (SSSR count). The summed E-state index contributed by atoms with van der Waals surface area (Å²) in [6.45, 7) is 12.5. The highest BCUT2D eigenvalue weighted by molar-refractivity contribution is 5.81. The Bertz CT molecular complexity index is 660. The molecule has 224 valence electrons. The van der Waals surface area contributed by atoms with Crippen LogP contribution >= 0.6 is 0 Å². The number of esters is 1. The first-order valence-corrected chi connectivity index (χ1v) is 13.4. The van der Waals surface area contributed by atoms with Gasteiger partial charge in [0.1, 0.15) is 6.61 Å². The molecule has 0 saturated heterocycles. The Morgan fingerprint density at radius 3 is 1.13 bits per heavy atom. The smallest absolute Gasteiger partial charge is 0.330 e. The van der Waals surface area contributed by atoms with Gasteiger partial charge in [-0.2, -0.15) is 0 Å². The van der Waals surface area contributed by atoms with Crippen molar-refractivity contribution in [2.75, 3.05) is 119 Å². The summed E-state index contributed by atoms with van der Waals surface area (Å²) in [5.74, 6) is -0.457. The maximum Gasteiger partial charge on any atom is 0.330 e. The Labute approximate surface area is 232 Å². The zero-order valence-corrected chi connectivity index (χ0v) is 23.1. The molecule has 0 N–H and O–H groups in total. The number of benzene rings is 1. The van der Waals surface area contributed by atoms with E-state index in [0.717, 1.165) is 11.6 Å². The molecule has 39 heavy (non-hydrogen) atoms. The van der Waals surface area contributed by atoms with Crippen molar-refractivity contribution in [3.8, 4) is 0 Å². The van der Waals surface area contributed by atoms with Gasteiger partial charge < -0.3 is 47.4 Å². The van der Waals surface area contributed by atoms with E-state index in [4.69, 9.17) is 47.4 Å². The van der Waals surface area contributed by atoms with Crippen LogP contribution in [0.2, 0.25) is 0 Å². The zero-order chi connectivity index (χ0) is 27.9. The first kappa shape index (κ1) is 35.1. The Kier molecular flexibility index (Phi) is 26.2. The zero-order valence-electron chi connectivity index (χ0n) is 23.1. The van der Waals surface area contributed by atoms with E-state index in [1.54, 1.807) is 0 Å². The van der Waals surface area contributed by atoms with Crippen LogP contribution in [0, 0.1) is 0 Å². The molecule has 0 bridgehead atoms. The molecule has 11 heteroatoms. The fraction of sp³-hybridized carbons (Fsp3) is 0.679. The summed E-state index contributed by atoms with van der Waals surface area (Å²) in [6.07, 6.45) is 1.12. The minimum Gasteiger partial charge on any atom is -0.460 e. The van der Waals surface area contributed by atoms with Gasteiger partial charge in [-0.3, -0.25) is 0 Å². The van der Waals surface area contributed by atoms with E-state index >= 15 is 0 Å². The number of rotatable bonds is 30. The quantitative estimate of drug-likeness (QED) is 0.0786. The van der Waals surface area contributed by atoms with Gasteiger partial charge in [0.25, 0.3) is 0 Å². The second kappa shape index (κ2) is 29.1. The van der Waals surface area contributed by atoms with Crippen LogP contribution in [0.15, 0.2) is 43.0 Å². The fourth-order valence-corrected chi connectivity index (χ4v) is 2.78. The van der Waals surface area contributed by atoms with Gasteiger partial charge in [0, 0.05) is 6.08 Å². The normalized spacial score (nSPS) is 11.1. The molecule has 0 spiro atoms. The van der Waals surface area contributed by atoms with Crippen LogP contribution in [0.3, 0.4) is 0 Å². The number of carbonyl (C=O) groups is 1. The SMILES string of the molecule is C=CC(=O)OCCOCCOCCOCCOCCOCCOCCOCCOCCOCc1ccccc1. The maximum absolute atomic E-state index is 10.8. The Morgan fingerprint density at radius 1 is 0.487 bits per heavy atom. The van der Waals surface area contributed by atoms with E-state index < -0.39 is 5.97 Å². The van der Waals surface area contributed by atoms with Crippen molar-refractivity contribution >= 4 is 5.97 Å². The van der Waals surface area contributed by atoms with Gasteiger partial charge >= 0.3 is 5.97 Å². The van der Waals surface area contributed by atoms with Crippen LogP contribution in [0.5, 0.6) is 0 Å².